The predicted octanol–water partition coefficient (Wildman–Crippen LogP) is 2.93. The maximum Gasteiger partial charge on any atom is 1.00 e. The van der Waals surface area contributed by atoms with Crippen molar-refractivity contribution in [3.05, 3.63) is 107 Å². The molecule has 0 N–H and O–H groups in total. The van der Waals surface area contributed by atoms with Gasteiger partial charge in [0.15, 0.2) is 0 Å². The molecule has 0 bridgehead atoms. The second kappa shape index (κ2) is 11.8. The number of hydrogen-bond acceptors (Lipinski definition) is 4. The summed E-state index contributed by atoms with van der Waals surface area (Å²) in [6, 6.07) is 27.6. The predicted molar refractivity (Wildman–Crippen MR) is 153 cm³/mol. The number of aryl methyl sites for hydroxylation is 3. The number of carboxylic acids is 1. The Kier molecular flexibility index (Phi) is 8.40. The van der Waals surface area contributed by atoms with E-state index >= 15 is 0 Å². The van der Waals surface area contributed by atoms with E-state index in [2.05, 4.69) is 60.4 Å². The summed E-state index contributed by atoms with van der Waals surface area (Å²) >= 11 is 0. The van der Waals surface area contributed by atoms with Crippen LogP contribution in [-0.2, 0) is 20.0 Å². The Morgan fingerprint density at radius 2 is 1.60 bits per heavy atom. The van der Waals surface area contributed by atoms with Crippen molar-refractivity contribution in [1.82, 2.24) is 19.1 Å². The van der Waals surface area contributed by atoms with Gasteiger partial charge in [-0.1, -0.05) is 67.6 Å². The van der Waals surface area contributed by atoms with Crippen LogP contribution < -0.4 is 56.5 Å². The number of nitrogens with zero attached hydrogens (tertiary/aromatic N) is 4. The van der Waals surface area contributed by atoms with E-state index in [1.54, 1.807) is 12.1 Å². The molecule has 2 aromatic heterocycles. The van der Waals surface area contributed by atoms with E-state index in [9.17, 15) is 9.90 Å². The van der Waals surface area contributed by atoms with Crippen molar-refractivity contribution in [2.45, 2.75) is 33.2 Å². The van der Waals surface area contributed by atoms with Gasteiger partial charge in [-0.2, -0.15) is 0 Å². The van der Waals surface area contributed by atoms with Crippen LogP contribution in [0, 0.1) is 6.92 Å². The van der Waals surface area contributed by atoms with E-state index in [1.165, 1.54) is 0 Å². The van der Waals surface area contributed by atoms with Crippen LogP contribution in [0.15, 0.2) is 84.9 Å². The van der Waals surface area contributed by atoms with Gasteiger partial charge in [0.05, 0.1) is 28.0 Å². The number of para-hydroxylation sites is 2. The van der Waals surface area contributed by atoms with Gasteiger partial charge in [0, 0.05) is 31.1 Å². The van der Waals surface area contributed by atoms with E-state index in [0.717, 1.165) is 68.8 Å². The molecule has 0 aliphatic heterocycles. The molecule has 0 saturated carbocycles. The van der Waals surface area contributed by atoms with Gasteiger partial charge in [-0.05, 0) is 59.9 Å². The zero-order chi connectivity index (χ0) is 27.1. The number of carbonyl (C=O) groups is 1. The number of imidazole rings is 2. The first-order valence-electron chi connectivity index (χ1n) is 13.3. The molecule has 4 aromatic carbocycles. The van der Waals surface area contributed by atoms with Crippen LogP contribution >= 0.6 is 0 Å². The van der Waals surface area contributed by atoms with Crippen molar-refractivity contribution < 1.29 is 61.3 Å². The van der Waals surface area contributed by atoms with Gasteiger partial charge in [-0.3, -0.25) is 0 Å². The fourth-order valence-electron chi connectivity index (χ4n) is 5.45. The third kappa shape index (κ3) is 5.20. The normalized spacial score (nSPS) is 11.2. The molecule has 0 aliphatic rings. The van der Waals surface area contributed by atoms with Gasteiger partial charge in [-0.15, -0.1) is 0 Å². The summed E-state index contributed by atoms with van der Waals surface area (Å²) in [5.74, 6) is 0.821. The van der Waals surface area contributed by atoms with Gasteiger partial charge in [-0.25, -0.2) is 9.97 Å². The van der Waals surface area contributed by atoms with Crippen LogP contribution in [0.5, 0.6) is 0 Å². The minimum atomic E-state index is -1.17. The Balaban J connectivity index is 0.00000323. The molecule has 0 aliphatic carbocycles. The van der Waals surface area contributed by atoms with E-state index in [1.807, 2.05) is 42.5 Å². The summed E-state index contributed by atoms with van der Waals surface area (Å²) in [7, 11) is 2.06. The van der Waals surface area contributed by atoms with Gasteiger partial charge in [0.1, 0.15) is 11.6 Å². The molecule has 0 saturated heterocycles. The number of carbonyl (C=O) groups excluding carboxylic acids is 1. The Bertz CT molecular complexity index is 1850. The number of rotatable bonds is 7. The average Bonchev–Trinajstić information content (AvgIpc) is 3.47. The molecule has 40 heavy (non-hydrogen) atoms. The molecule has 6 aromatic rings. The SMILES string of the molecule is CCCc1nc2c(C)cc(-c3nc4ccccc4n3C)cc2n1Cc1ccc(-c2ccccc2C(=O)[O-])cc1.[K+]. The molecule has 0 unspecified atom stereocenters. The Labute approximate surface area is 276 Å². The Morgan fingerprint density at radius 3 is 2.33 bits per heavy atom. The summed E-state index contributed by atoms with van der Waals surface area (Å²) in [6.45, 7) is 4.95. The molecule has 0 fully saturated rings. The quantitative estimate of drug-likeness (QED) is 0.286. The van der Waals surface area contributed by atoms with Crippen molar-refractivity contribution in [2.24, 2.45) is 7.05 Å². The monoisotopic (exact) mass is 552 g/mol. The van der Waals surface area contributed by atoms with Crippen LogP contribution in [0.4, 0.5) is 0 Å². The molecule has 0 radical (unpaired) electrons. The van der Waals surface area contributed by atoms with Crippen LogP contribution in [0.2, 0.25) is 0 Å². The van der Waals surface area contributed by atoms with Crippen LogP contribution in [0.25, 0.3) is 44.6 Å². The van der Waals surface area contributed by atoms with Gasteiger partial charge >= 0.3 is 51.4 Å². The van der Waals surface area contributed by atoms with Gasteiger partial charge in [0.2, 0.25) is 0 Å². The third-order valence-corrected chi connectivity index (χ3v) is 7.40. The minimum absolute atomic E-state index is 0. The topological polar surface area (TPSA) is 75.8 Å². The summed E-state index contributed by atoms with van der Waals surface area (Å²) in [5, 5.41) is 11.6. The summed E-state index contributed by atoms with van der Waals surface area (Å²) < 4.78 is 4.45. The summed E-state index contributed by atoms with van der Waals surface area (Å²) in [6.07, 6.45) is 1.88. The average molecular weight is 553 g/mol. The molecule has 7 heteroatoms. The number of aromatic nitrogens is 4. The van der Waals surface area contributed by atoms with Crippen molar-refractivity contribution in [3.8, 4) is 22.5 Å². The third-order valence-electron chi connectivity index (χ3n) is 7.40. The first-order chi connectivity index (χ1) is 18.9. The van der Waals surface area contributed by atoms with E-state index in [4.69, 9.17) is 9.97 Å². The standard InChI is InChI=1S/C33H30N4O2.K/c1-4-9-30-35-31-21(2)18-24(32-34-27-12-7-8-13-28(27)36(32)3)19-29(31)37(30)20-22-14-16-23(17-15-22)25-10-5-6-11-26(25)33(38)39;/h5-8,10-19H,4,9,20H2,1-3H3,(H,38,39);/q;+1/p-1. The first kappa shape index (κ1) is 28.5. The number of benzene rings is 4. The Hall–Kier alpha value is -3.07. The number of hydrogen-bond donors (Lipinski definition) is 0. The molecule has 2 heterocycles. The van der Waals surface area contributed by atoms with Gasteiger partial charge < -0.3 is 19.0 Å². The molecule has 0 atom stereocenters. The van der Waals surface area contributed by atoms with Crippen molar-refractivity contribution in [3.63, 3.8) is 0 Å². The molecule has 0 amide bonds. The molecule has 194 valence electrons. The zero-order valence-corrected chi connectivity index (χ0v) is 26.4. The zero-order valence-electron chi connectivity index (χ0n) is 23.3. The van der Waals surface area contributed by atoms with Crippen molar-refractivity contribution in [2.75, 3.05) is 0 Å². The summed E-state index contributed by atoms with van der Waals surface area (Å²) in [5.41, 5.74) is 9.20. The number of carboxylic acid groups (broad SMARTS) is 1. The largest absolute Gasteiger partial charge is 1.00 e. The van der Waals surface area contributed by atoms with Crippen molar-refractivity contribution in [1.29, 1.82) is 0 Å². The van der Waals surface area contributed by atoms with Crippen LogP contribution in [0.1, 0.15) is 40.7 Å². The van der Waals surface area contributed by atoms with Crippen molar-refractivity contribution >= 4 is 28.0 Å². The summed E-state index contributed by atoms with van der Waals surface area (Å²) in [4.78, 5) is 21.6. The molecule has 6 rings (SSSR count). The van der Waals surface area contributed by atoms with Gasteiger partial charge in [0.25, 0.3) is 0 Å². The smallest absolute Gasteiger partial charge is 0.545 e. The molecule has 6 nitrogen and oxygen atoms in total. The minimum Gasteiger partial charge on any atom is -0.545 e. The first-order valence-corrected chi connectivity index (χ1v) is 13.3. The fourth-order valence-corrected chi connectivity index (χ4v) is 5.45. The molecular weight excluding hydrogens is 523 g/mol. The number of fused-ring (bicyclic) bond motifs is 2. The maximum atomic E-state index is 11.6. The second-order valence-corrected chi connectivity index (χ2v) is 10.0. The van der Waals surface area contributed by atoms with Crippen LogP contribution in [-0.4, -0.2) is 25.1 Å². The molecule has 0 spiro atoms. The maximum absolute atomic E-state index is 11.6. The fraction of sp³-hybridized carbons (Fsp3) is 0.182. The van der Waals surface area contributed by atoms with E-state index < -0.39 is 5.97 Å². The second-order valence-electron chi connectivity index (χ2n) is 10.0. The van der Waals surface area contributed by atoms with E-state index in [-0.39, 0.29) is 56.9 Å². The van der Waals surface area contributed by atoms with Crippen LogP contribution in [0.3, 0.4) is 0 Å². The molecular formula is C33H29KN4O2. The number of aromatic carboxylic acids is 1. The Morgan fingerprint density at radius 1 is 0.875 bits per heavy atom. The van der Waals surface area contributed by atoms with E-state index in [0.29, 0.717) is 12.1 Å².